The maximum atomic E-state index is 13.3. The lowest BCUT2D eigenvalue weighted by Gasteiger charge is -2.21. The molecule has 21 heavy (non-hydrogen) atoms. The summed E-state index contributed by atoms with van der Waals surface area (Å²) < 4.78 is 13.3. The summed E-state index contributed by atoms with van der Waals surface area (Å²) in [6, 6.07) is 12.6. The molecule has 1 atom stereocenters. The van der Waals surface area contributed by atoms with Crippen molar-refractivity contribution in [2.24, 2.45) is 5.84 Å². The lowest BCUT2D eigenvalue weighted by Crippen LogP contribution is -2.29. The van der Waals surface area contributed by atoms with Gasteiger partial charge in [-0.3, -0.25) is 5.84 Å². The molecule has 112 valence electrons. The molecule has 0 amide bonds. The fourth-order valence-corrected chi connectivity index (χ4v) is 2.44. The van der Waals surface area contributed by atoms with Gasteiger partial charge in [-0.15, -0.1) is 0 Å². The van der Waals surface area contributed by atoms with Gasteiger partial charge in [-0.1, -0.05) is 62.7 Å². The van der Waals surface area contributed by atoms with Crippen LogP contribution in [0.15, 0.2) is 42.5 Å². The largest absolute Gasteiger partial charge is 0.271 e. The zero-order chi connectivity index (χ0) is 15.6. The smallest absolute Gasteiger partial charge is 0.141 e. The number of hydrogen-bond acceptors (Lipinski definition) is 2. The third-order valence-corrected chi connectivity index (χ3v) is 3.84. The van der Waals surface area contributed by atoms with Gasteiger partial charge >= 0.3 is 0 Å². The van der Waals surface area contributed by atoms with Gasteiger partial charge in [0, 0.05) is 0 Å². The van der Waals surface area contributed by atoms with Crippen LogP contribution in [0, 0.1) is 5.82 Å². The van der Waals surface area contributed by atoms with E-state index in [0.29, 0.717) is 0 Å². The minimum Gasteiger partial charge on any atom is -0.271 e. The lowest BCUT2D eigenvalue weighted by atomic mass is 9.86. The third kappa shape index (κ3) is 3.62. The summed E-state index contributed by atoms with van der Waals surface area (Å²) in [5.41, 5.74) is 5.94. The molecule has 0 aliphatic carbocycles. The van der Waals surface area contributed by atoms with Gasteiger partial charge in [-0.2, -0.15) is 0 Å². The van der Waals surface area contributed by atoms with Crippen LogP contribution in [0.4, 0.5) is 4.39 Å². The molecule has 0 radical (unpaired) electrons. The van der Waals surface area contributed by atoms with Crippen molar-refractivity contribution < 1.29 is 4.39 Å². The van der Waals surface area contributed by atoms with E-state index in [0.717, 1.165) is 11.1 Å². The van der Waals surface area contributed by atoms with Gasteiger partial charge in [0.05, 0.1) is 11.1 Å². The Labute approximate surface area is 130 Å². The summed E-state index contributed by atoms with van der Waals surface area (Å²) in [5, 5.41) is 0.0964. The van der Waals surface area contributed by atoms with Crippen molar-refractivity contribution in [3.63, 3.8) is 0 Å². The molecule has 0 aliphatic heterocycles. The Balaban J connectivity index is 2.35. The monoisotopic (exact) mass is 306 g/mol. The van der Waals surface area contributed by atoms with E-state index in [1.807, 2.05) is 12.1 Å². The van der Waals surface area contributed by atoms with Crippen molar-refractivity contribution >= 4 is 11.6 Å². The van der Waals surface area contributed by atoms with Crippen LogP contribution < -0.4 is 11.3 Å². The number of nitrogens with one attached hydrogen (secondary N) is 1. The molecular formula is C17H20ClFN2. The number of halogens is 2. The molecule has 0 heterocycles. The SMILES string of the molecule is CC(C)(C)c1ccc(C(NN)c2ccc(F)c(Cl)c2)cc1. The summed E-state index contributed by atoms with van der Waals surface area (Å²) in [6.07, 6.45) is 0. The molecule has 4 heteroatoms. The van der Waals surface area contributed by atoms with Crippen LogP contribution in [0.25, 0.3) is 0 Å². The molecule has 2 rings (SSSR count). The fourth-order valence-electron chi connectivity index (χ4n) is 2.25. The number of rotatable bonds is 3. The average Bonchev–Trinajstić information content (AvgIpc) is 2.43. The minimum absolute atomic E-state index is 0.0964. The molecule has 3 N–H and O–H groups in total. The molecule has 2 aromatic carbocycles. The standard InChI is InChI=1S/C17H20ClFN2/c1-17(2,3)13-7-4-11(5-8-13)16(21-20)12-6-9-15(19)14(18)10-12/h4-10,16,21H,20H2,1-3H3. The highest BCUT2D eigenvalue weighted by atomic mass is 35.5. The molecule has 2 nitrogen and oxygen atoms in total. The fraction of sp³-hybridized carbons (Fsp3) is 0.294. The Bertz CT molecular complexity index is 618. The summed E-state index contributed by atoms with van der Waals surface area (Å²) in [6.45, 7) is 6.50. The zero-order valence-electron chi connectivity index (χ0n) is 12.5. The van der Waals surface area contributed by atoms with E-state index in [1.165, 1.54) is 11.6 Å². The second-order valence-corrected chi connectivity index (χ2v) is 6.55. The summed E-state index contributed by atoms with van der Waals surface area (Å²) in [4.78, 5) is 0. The highest BCUT2D eigenvalue weighted by Gasteiger charge is 2.17. The van der Waals surface area contributed by atoms with Crippen molar-refractivity contribution in [3.05, 3.63) is 70.0 Å². The van der Waals surface area contributed by atoms with Crippen LogP contribution in [0.1, 0.15) is 43.5 Å². The van der Waals surface area contributed by atoms with Gasteiger partial charge in [0.1, 0.15) is 5.82 Å². The van der Waals surface area contributed by atoms with E-state index < -0.39 is 5.82 Å². The first-order valence-electron chi connectivity index (χ1n) is 6.84. The topological polar surface area (TPSA) is 38.0 Å². The van der Waals surface area contributed by atoms with Crippen molar-refractivity contribution in [2.45, 2.75) is 32.2 Å². The highest BCUT2D eigenvalue weighted by Crippen LogP contribution is 2.28. The third-order valence-electron chi connectivity index (χ3n) is 3.55. The molecule has 1 unspecified atom stereocenters. The Morgan fingerprint density at radius 3 is 2.10 bits per heavy atom. The lowest BCUT2D eigenvalue weighted by molar-refractivity contribution is 0.587. The summed E-state index contributed by atoms with van der Waals surface area (Å²) in [7, 11) is 0. The normalized spacial score (nSPS) is 13.2. The van der Waals surface area contributed by atoms with E-state index in [2.05, 4.69) is 38.3 Å². The maximum absolute atomic E-state index is 13.3. The Kier molecular flexibility index (Phi) is 4.67. The molecule has 0 aliphatic rings. The van der Waals surface area contributed by atoms with Gasteiger partial charge < -0.3 is 0 Å². The van der Waals surface area contributed by atoms with Crippen LogP contribution in [-0.4, -0.2) is 0 Å². The number of nitrogens with two attached hydrogens (primary N) is 1. The first-order valence-corrected chi connectivity index (χ1v) is 7.22. The van der Waals surface area contributed by atoms with Gasteiger partial charge in [0.15, 0.2) is 0 Å². The van der Waals surface area contributed by atoms with Gasteiger partial charge in [-0.05, 0) is 34.2 Å². The Morgan fingerprint density at radius 1 is 1.05 bits per heavy atom. The maximum Gasteiger partial charge on any atom is 0.141 e. The highest BCUT2D eigenvalue weighted by molar-refractivity contribution is 6.30. The van der Waals surface area contributed by atoms with Gasteiger partial charge in [0.2, 0.25) is 0 Å². The van der Waals surface area contributed by atoms with E-state index in [-0.39, 0.29) is 16.5 Å². The van der Waals surface area contributed by atoms with Crippen molar-refractivity contribution in [2.75, 3.05) is 0 Å². The summed E-state index contributed by atoms with van der Waals surface area (Å²) in [5.74, 6) is 5.23. The molecule has 0 saturated carbocycles. The molecule has 0 aromatic heterocycles. The van der Waals surface area contributed by atoms with Crippen LogP contribution in [0.2, 0.25) is 5.02 Å². The molecule has 0 spiro atoms. The summed E-state index contributed by atoms with van der Waals surface area (Å²) >= 11 is 5.84. The quantitative estimate of drug-likeness (QED) is 0.654. The van der Waals surface area contributed by atoms with Gasteiger partial charge in [0.25, 0.3) is 0 Å². The molecule has 0 bridgehead atoms. The number of benzene rings is 2. The molecule has 0 saturated heterocycles. The minimum atomic E-state index is -0.431. The van der Waals surface area contributed by atoms with Crippen LogP contribution >= 0.6 is 11.6 Å². The predicted octanol–water partition coefficient (Wildman–Crippen LogP) is 4.33. The second kappa shape index (κ2) is 6.14. The predicted molar refractivity (Wildman–Crippen MR) is 85.7 cm³/mol. The van der Waals surface area contributed by atoms with E-state index in [4.69, 9.17) is 17.4 Å². The average molecular weight is 307 g/mol. The van der Waals surface area contributed by atoms with Crippen molar-refractivity contribution in [1.82, 2.24) is 5.43 Å². The van der Waals surface area contributed by atoms with Crippen molar-refractivity contribution in [3.8, 4) is 0 Å². The Morgan fingerprint density at radius 2 is 1.62 bits per heavy atom. The molecule has 2 aromatic rings. The Hall–Kier alpha value is -1.42. The first kappa shape index (κ1) is 16.0. The zero-order valence-corrected chi connectivity index (χ0v) is 13.2. The van der Waals surface area contributed by atoms with E-state index in [9.17, 15) is 4.39 Å². The van der Waals surface area contributed by atoms with Crippen LogP contribution in [-0.2, 0) is 5.41 Å². The first-order chi connectivity index (χ1) is 9.82. The van der Waals surface area contributed by atoms with E-state index in [1.54, 1.807) is 12.1 Å². The van der Waals surface area contributed by atoms with Crippen LogP contribution in [0.3, 0.4) is 0 Å². The molecular weight excluding hydrogens is 287 g/mol. The van der Waals surface area contributed by atoms with Crippen molar-refractivity contribution in [1.29, 1.82) is 0 Å². The number of hydrazine groups is 1. The molecule has 0 fully saturated rings. The number of hydrogen-bond donors (Lipinski definition) is 2. The van der Waals surface area contributed by atoms with Gasteiger partial charge in [-0.25, -0.2) is 9.82 Å². The second-order valence-electron chi connectivity index (χ2n) is 6.15. The van der Waals surface area contributed by atoms with E-state index >= 15 is 0 Å². The van der Waals surface area contributed by atoms with Crippen LogP contribution in [0.5, 0.6) is 0 Å².